The van der Waals surface area contributed by atoms with Gasteiger partial charge < -0.3 is 10.2 Å². The van der Waals surface area contributed by atoms with E-state index in [4.69, 9.17) is 0 Å². The first-order valence-corrected chi connectivity index (χ1v) is 6.78. The van der Waals surface area contributed by atoms with Crippen molar-refractivity contribution in [2.45, 2.75) is 31.7 Å². The van der Waals surface area contributed by atoms with Gasteiger partial charge in [0.15, 0.2) is 0 Å². The molecule has 1 aromatic carbocycles. The zero-order valence-corrected chi connectivity index (χ0v) is 11.9. The minimum Gasteiger partial charge on any atom is -0.395 e. The molecule has 0 fully saturated rings. The summed E-state index contributed by atoms with van der Waals surface area (Å²) in [6, 6.07) is 9.76. The number of nitrogens with zero attached hydrogens (tertiary/aromatic N) is 3. The van der Waals surface area contributed by atoms with Crippen LogP contribution >= 0.6 is 0 Å². The van der Waals surface area contributed by atoms with Gasteiger partial charge in [-0.2, -0.15) is 5.10 Å². The highest BCUT2D eigenvalue weighted by Gasteiger charge is 2.33. The number of aromatic nitrogens is 3. The number of hydrogen-bond donors (Lipinski definition) is 2. The summed E-state index contributed by atoms with van der Waals surface area (Å²) in [6.07, 6.45) is 1.96. The number of rotatable bonds is 6. The zero-order valence-electron chi connectivity index (χ0n) is 11.9. The summed E-state index contributed by atoms with van der Waals surface area (Å²) in [5.41, 5.74) is 0.171. The van der Waals surface area contributed by atoms with E-state index in [1.54, 1.807) is 0 Å². The molecule has 1 aromatic heterocycles. The third-order valence-electron chi connectivity index (χ3n) is 3.62. The maximum absolute atomic E-state index is 9.84. The number of aliphatic hydroxyl groups excluding tert-OH is 2. The summed E-state index contributed by atoms with van der Waals surface area (Å²) in [7, 11) is 0. The van der Waals surface area contributed by atoms with Crippen molar-refractivity contribution in [1.29, 1.82) is 0 Å². The SMILES string of the molecule is CC(C)n1ncnc1CC(CO)(CO)c1ccccc1. The Kier molecular flexibility index (Phi) is 4.52. The predicted molar refractivity (Wildman–Crippen MR) is 76.4 cm³/mol. The van der Waals surface area contributed by atoms with Crippen molar-refractivity contribution in [3.05, 3.63) is 48.0 Å². The second-order valence-electron chi connectivity index (χ2n) is 5.35. The molecule has 20 heavy (non-hydrogen) atoms. The standard InChI is InChI=1S/C15H21N3O2/c1-12(2)18-14(16-11-17-18)8-15(9-19,10-20)13-6-4-3-5-7-13/h3-7,11-12,19-20H,8-10H2,1-2H3. The van der Waals surface area contributed by atoms with Crippen molar-refractivity contribution >= 4 is 0 Å². The molecule has 0 atom stereocenters. The first kappa shape index (κ1) is 14.7. The fourth-order valence-corrected chi connectivity index (χ4v) is 2.37. The maximum atomic E-state index is 9.84. The van der Waals surface area contributed by atoms with Gasteiger partial charge >= 0.3 is 0 Å². The van der Waals surface area contributed by atoms with Crippen LogP contribution in [0.2, 0.25) is 0 Å². The second-order valence-corrected chi connectivity index (χ2v) is 5.35. The monoisotopic (exact) mass is 275 g/mol. The van der Waals surface area contributed by atoms with Crippen molar-refractivity contribution < 1.29 is 10.2 Å². The van der Waals surface area contributed by atoms with E-state index in [1.807, 2.05) is 48.9 Å². The number of benzene rings is 1. The molecule has 1 heterocycles. The molecule has 0 aliphatic carbocycles. The van der Waals surface area contributed by atoms with Gasteiger partial charge in [-0.15, -0.1) is 0 Å². The molecule has 2 N–H and O–H groups in total. The fraction of sp³-hybridized carbons (Fsp3) is 0.467. The van der Waals surface area contributed by atoms with E-state index >= 15 is 0 Å². The molecule has 0 spiro atoms. The minimum absolute atomic E-state index is 0.140. The molecule has 5 heteroatoms. The van der Waals surface area contributed by atoms with Crippen molar-refractivity contribution in [1.82, 2.24) is 14.8 Å². The van der Waals surface area contributed by atoms with Gasteiger partial charge in [-0.05, 0) is 19.4 Å². The minimum atomic E-state index is -0.735. The lowest BCUT2D eigenvalue weighted by molar-refractivity contribution is 0.113. The van der Waals surface area contributed by atoms with E-state index in [9.17, 15) is 10.2 Å². The van der Waals surface area contributed by atoms with Crippen LogP contribution in [0.3, 0.4) is 0 Å². The first-order chi connectivity index (χ1) is 9.63. The molecule has 5 nitrogen and oxygen atoms in total. The fourth-order valence-electron chi connectivity index (χ4n) is 2.37. The van der Waals surface area contributed by atoms with Gasteiger partial charge in [-0.25, -0.2) is 9.67 Å². The van der Waals surface area contributed by atoms with Crippen LogP contribution in [0.4, 0.5) is 0 Å². The predicted octanol–water partition coefficient (Wildman–Crippen LogP) is 1.32. The maximum Gasteiger partial charge on any atom is 0.138 e. The Hall–Kier alpha value is -1.72. The van der Waals surface area contributed by atoms with Crippen molar-refractivity contribution in [2.24, 2.45) is 0 Å². The Balaban J connectivity index is 2.37. The highest BCUT2D eigenvalue weighted by molar-refractivity contribution is 5.27. The third-order valence-corrected chi connectivity index (χ3v) is 3.62. The molecular formula is C15H21N3O2. The van der Waals surface area contributed by atoms with Crippen molar-refractivity contribution in [3.8, 4) is 0 Å². The van der Waals surface area contributed by atoms with Crippen LogP contribution in [-0.2, 0) is 11.8 Å². The molecule has 0 saturated carbocycles. The highest BCUT2D eigenvalue weighted by atomic mass is 16.3. The lowest BCUT2D eigenvalue weighted by Gasteiger charge is -2.30. The van der Waals surface area contributed by atoms with Crippen LogP contribution < -0.4 is 0 Å². The zero-order chi connectivity index (χ0) is 14.6. The summed E-state index contributed by atoms with van der Waals surface area (Å²) in [4.78, 5) is 4.27. The molecule has 0 aliphatic rings. The van der Waals surface area contributed by atoms with Crippen molar-refractivity contribution in [2.75, 3.05) is 13.2 Å². The lowest BCUT2D eigenvalue weighted by Crippen LogP contribution is -2.38. The molecule has 0 unspecified atom stereocenters. The molecule has 0 bridgehead atoms. The van der Waals surface area contributed by atoms with Gasteiger partial charge in [0.1, 0.15) is 12.2 Å². The van der Waals surface area contributed by atoms with Crippen LogP contribution in [0.15, 0.2) is 36.7 Å². The Morgan fingerprint density at radius 1 is 1.15 bits per heavy atom. The van der Waals surface area contributed by atoms with Gasteiger partial charge in [0, 0.05) is 17.9 Å². The average molecular weight is 275 g/mol. The first-order valence-electron chi connectivity index (χ1n) is 6.78. The van der Waals surface area contributed by atoms with E-state index in [0.717, 1.165) is 11.4 Å². The van der Waals surface area contributed by atoms with E-state index in [0.29, 0.717) is 6.42 Å². The second kappa shape index (κ2) is 6.15. The molecular weight excluding hydrogens is 254 g/mol. The van der Waals surface area contributed by atoms with E-state index < -0.39 is 5.41 Å². The molecule has 0 aliphatic heterocycles. The lowest BCUT2D eigenvalue weighted by atomic mass is 9.78. The number of aliphatic hydroxyl groups is 2. The Morgan fingerprint density at radius 3 is 2.35 bits per heavy atom. The molecule has 2 aromatic rings. The van der Waals surface area contributed by atoms with Crippen LogP contribution in [0, 0.1) is 0 Å². The van der Waals surface area contributed by atoms with Gasteiger partial charge in [-0.3, -0.25) is 0 Å². The molecule has 2 rings (SSSR count). The van der Waals surface area contributed by atoms with Gasteiger partial charge in [0.2, 0.25) is 0 Å². The van der Waals surface area contributed by atoms with Gasteiger partial charge in [0.25, 0.3) is 0 Å². The molecule has 0 saturated heterocycles. The Labute approximate surface area is 118 Å². The Morgan fingerprint density at radius 2 is 1.80 bits per heavy atom. The summed E-state index contributed by atoms with van der Waals surface area (Å²) in [6.45, 7) is 3.78. The smallest absolute Gasteiger partial charge is 0.138 e. The summed E-state index contributed by atoms with van der Waals surface area (Å²) >= 11 is 0. The van der Waals surface area contributed by atoms with Gasteiger partial charge in [-0.1, -0.05) is 30.3 Å². The van der Waals surface area contributed by atoms with Crippen molar-refractivity contribution in [3.63, 3.8) is 0 Å². The normalized spacial score (nSPS) is 12.1. The van der Waals surface area contributed by atoms with Crippen LogP contribution in [-0.4, -0.2) is 38.2 Å². The highest BCUT2D eigenvalue weighted by Crippen LogP contribution is 2.27. The Bertz CT molecular complexity index is 533. The summed E-state index contributed by atoms with van der Waals surface area (Å²) < 4.78 is 1.82. The largest absolute Gasteiger partial charge is 0.395 e. The summed E-state index contributed by atoms with van der Waals surface area (Å²) in [5.74, 6) is 0.770. The molecule has 0 radical (unpaired) electrons. The summed E-state index contributed by atoms with van der Waals surface area (Å²) in [5, 5.41) is 23.9. The average Bonchev–Trinajstić information content (AvgIpc) is 2.94. The van der Waals surface area contributed by atoms with E-state index in [2.05, 4.69) is 10.1 Å². The third kappa shape index (κ3) is 2.73. The van der Waals surface area contributed by atoms with Crippen LogP contribution in [0.5, 0.6) is 0 Å². The topological polar surface area (TPSA) is 71.2 Å². The quantitative estimate of drug-likeness (QED) is 0.834. The van der Waals surface area contributed by atoms with E-state index in [1.165, 1.54) is 6.33 Å². The van der Waals surface area contributed by atoms with E-state index in [-0.39, 0.29) is 19.3 Å². The molecule has 108 valence electrons. The van der Waals surface area contributed by atoms with Crippen LogP contribution in [0.1, 0.15) is 31.3 Å². The van der Waals surface area contributed by atoms with Gasteiger partial charge in [0.05, 0.1) is 13.2 Å². The number of hydrogen-bond acceptors (Lipinski definition) is 4. The molecule has 0 amide bonds. The van der Waals surface area contributed by atoms with Crippen LogP contribution in [0.25, 0.3) is 0 Å².